The molecule has 0 bridgehead atoms. The van der Waals surface area contributed by atoms with Crippen molar-refractivity contribution in [3.05, 3.63) is 35.8 Å². The van der Waals surface area contributed by atoms with Crippen molar-refractivity contribution in [2.45, 2.75) is 12.8 Å². The minimum absolute atomic E-state index is 0.292. The number of benzene rings is 1. The second kappa shape index (κ2) is 4.45. The van der Waals surface area contributed by atoms with E-state index in [1.807, 2.05) is 31.2 Å². The number of fused-ring (bicyclic) bond motifs is 1. The average molecular weight is 269 g/mol. The Bertz CT molecular complexity index is 668. The fraction of sp³-hybridized carbons (Fsp3) is 0.333. The molecule has 0 radical (unpaired) electrons. The fourth-order valence-electron chi connectivity index (χ4n) is 2.45. The Kier molecular flexibility index (Phi) is 2.60. The maximum Gasteiger partial charge on any atom is 0.231 e. The van der Waals surface area contributed by atoms with Gasteiger partial charge in [-0.3, -0.25) is 0 Å². The fourth-order valence-corrected chi connectivity index (χ4v) is 2.45. The number of ether oxygens (including phenoxy) is 2. The van der Waals surface area contributed by atoms with Gasteiger partial charge in [0.05, 0.1) is 5.69 Å². The highest BCUT2D eigenvalue weighted by atomic mass is 16.7. The summed E-state index contributed by atoms with van der Waals surface area (Å²) in [6.45, 7) is 4.22. The molecule has 2 aliphatic rings. The third-order valence-electron chi connectivity index (χ3n) is 3.69. The standard InChI is InChI=1S/C15H15N3O2/c1-9-4-12(18-15(17-9)11-6-16-7-11)10-2-3-13-14(5-10)20-8-19-13/h2-5,11,16H,6-8H2,1H3. The molecule has 5 nitrogen and oxygen atoms in total. The molecular weight excluding hydrogens is 254 g/mol. The molecule has 1 aromatic carbocycles. The van der Waals surface area contributed by atoms with Crippen LogP contribution in [0.3, 0.4) is 0 Å². The summed E-state index contributed by atoms with van der Waals surface area (Å²) in [7, 11) is 0. The third kappa shape index (κ3) is 1.91. The molecule has 5 heteroatoms. The van der Waals surface area contributed by atoms with Gasteiger partial charge in [0.2, 0.25) is 6.79 Å². The summed E-state index contributed by atoms with van der Waals surface area (Å²) in [5.41, 5.74) is 2.97. The van der Waals surface area contributed by atoms with E-state index in [-0.39, 0.29) is 0 Å². The van der Waals surface area contributed by atoms with Gasteiger partial charge in [-0.2, -0.15) is 0 Å². The number of nitrogens with zero attached hydrogens (tertiary/aromatic N) is 2. The smallest absolute Gasteiger partial charge is 0.231 e. The number of nitrogens with one attached hydrogen (secondary N) is 1. The normalized spacial score (nSPS) is 17.1. The molecule has 0 atom stereocenters. The topological polar surface area (TPSA) is 56.3 Å². The summed E-state index contributed by atoms with van der Waals surface area (Å²) in [6, 6.07) is 7.93. The Hall–Kier alpha value is -2.14. The Labute approximate surface area is 117 Å². The average Bonchev–Trinajstić information content (AvgIpc) is 2.83. The van der Waals surface area contributed by atoms with E-state index in [2.05, 4.69) is 10.3 Å². The predicted molar refractivity (Wildman–Crippen MR) is 73.9 cm³/mol. The largest absolute Gasteiger partial charge is 0.454 e. The van der Waals surface area contributed by atoms with Gasteiger partial charge in [0, 0.05) is 30.3 Å². The lowest BCUT2D eigenvalue weighted by molar-refractivity contribution is 0.174. The predicted octanol–water partition coefficient (Wildman–Crippen LogP) is 1.87. The molecule has 102 valence electrons. The van der Waals surface area contributed by atoms with Crippen LogP contribution in [0.4, 0.5) is 0 Å². The van der Waals surface area contributed by atoms with Crippen LogP contribution in [0.5, 0.6) is 11.5 Å². The van der Waals surface area contributed by atoms with E-state index in [1.54, 1.807) is 0 Å². The summed E-state index contributed by atoms with van der Waals surface area (Å²) < 4.78 is 10.8. The molecule has 4 rings (SSSR count). The SMILES string of the molecule is Cc1cc(-c2ccc3c(c2)OCO3)nc(C2CNC2)n1. The van der Waals surface area contributed by atoms with E-state index in [0.29, 0.717) is 12.7 Å². The van der Waals surface area contributed by atoms with Crippen molar-refractivity contribution < 1.29 is 9.47 Å². The van der Waals surface area contributed by atoms with Gasteiger partial charge in [0.25, 0.3) is 0 Å². The van der Waals surface area contributed by atoms with Crippen molar-refractivity contribution in [2.24, 2.45) is 0 Å². The molecule has 1 aromatic heterocycles. The lowest BCUT2D eigenvalue weighted by Crippen LogP contribution is -2.41. The van der Waals surface area contributed by atoms with E-state index in [1.165, 1.54) is 0 Å². The molecule has 20 heavy (non-hydrogen) atoms. The molecule has 1 fully saturated rings. The van der Waals surface area contributed by atoms with Crippen LogP contribution in [0, 0.1) is 6.92 Å². The summed E-state index contributed by atoms with van der Waals surface area (Å²) in [5.74, 6) is 2.94. The lowest BCUT2D eigenvalue weighted by Gasteiger charge is -2.26. The van der Waals surface area contributed by atoms with Crippen LogP contribution in [0.25, 0.3) is 11.3 Å². The molecule has 0 unspecified atom stereocenters. The van der Waals surface area contributed by atoms with Gasteiger partial charge < -0.3 is 14.8 Å². The zero-order valence-electron chi connectivity index (χ0n) is 11.2. The van der Waals surface area contributed by atoms with E-state index < -0.39 is 0 Å². The Balaban J connectivity index is 1.75. The van der Waals surface area contributed by atoms with Crippen molar-refractivity contribution >= 4 is 0 Å². The van der Waals surface area contributed by atoms with E-state index in [9.17, 15) is 0 Å². The monoisotopic (exact) mass is 269 g/mol. The lowest BCUT2D eigenvalue weighted by atomic mass is 10.0. The summed E-state index contributed by atoms with van der Waals surface area (Å²) in [4.78, 5) is 9.25. The van der Waals surface area contributed by atoms with Crippen molar-refractivity contribution in [3.63, 3.8) is 0 Å². The van der Waals surface area contributed by atoms with Crippen LogP contribution in [0.15, 0.2) is 24.3 Å². The van der Waals surface area contributed by atoms with Crippen molar-refractivity contribution in [1.82, 2.24) is 15.3 Å². The maximum atomic E-state index is 5.43. The number of hydrogen-bond acceptors (Lipinski definition) is 5. The molecule has 1 N–H and O–H groups in total. The molecule has 3 heterocycles. The van der Waals surface area contributed by atoms with Gasteiger partial charge in [-0.1, -0.05) is 0 Å². The summed E-state index contributed by atoms with van der Waals surface area (Å²) in [6.07, 6.45) is 0. The molecule has 0 aliphatic carbocycles. The molecule has 2 aromatic rings. The first-order chi connectivity index (χ1) is 9.79. The number of rotatable bonds is 2. The van der Waals surface area contributed by atoms with Crippen LogP contribution >= 0.6 is 0 Å². The van der Waals surface area contributed by atoms with Gasteiger partial charge in [-0.05, 0) is 31.2 Å². The highest BCUT2D eigenvalue weighted by Gasteiger charge is 2.23. The van der Waals surface area contributed by atoms with Crippen molar-refractivity contribution in [2.75, 3.05) is 19.9 Å². The Morgan fingerprint density at radius 2 is 1.95 bits per heavy atom. The van der Waals surface area contributed by atoms with E-state index in [4.69, 9.17) is 14.5 Å². The number of aromatic nitrogens is 2. The van der Waals surface area contributed by atoms with Crippen LogP contribution < -0.4 is 14.8 Å². The molecular formula is C15H15N3O2. The van der Waals surface area contributed by atoms with Gasteiger partial charge in [0.15, 0.2) is 11.5 Å². The van der Waals surface area contributed by atoms with Crippen LogP contribution in [-0.2, 0) is 0 Å². The van der Waals surface area contributed by atoms with Crippen LogP contribution in [-0.4, -0.2) is 29.9 Å². The van der Waals surface area contributed by atoms with Gasteiger partial charge in [0.1, 0.15) is 5.82 Å². The maximum absolute atomic E-state index is 5.43. The highest BCUT2D eigenvalue weighted by molar-refractivity contribution is 5.64. The van der Waals surface area contributed by atoms with E-state index in [0.717, 1.165) is 47.4 Å². The second-order valence-corrected chi connectivity index (χ2v) is 5.18. The summed E-state index contributed by atoms with van der Waals surface area (Å²) in [5, 5.41) is 3.26. The molecule has 0 amide bonds. The highest BCUT2D eigenvalue weighted by Crippen LogP contribution is 2.35. The van der Waals surface area contributed by atoms with Gasteiger partial charge >= 0.3 is 0 Å². The summed E-state index contributed by atoms with van der Waals surface area (Å²) >= 11 is 0. The molecule has 2 aliphatic heterocycles. The van der Waals surface area contributed by atoms with E-state index >= 15 is 0 Å². The van der Waals surface area contributed by atoms with Gasteiger partial charge in [-0.15, -0.1) is 0 Å². The third-order valence-corrected chi connectivity index (χ3v) is 3.69. The van der Waals surface area contributed by atoms with Crippen molar-refractivity contribution in [3.8, 4) is 22.8 Å². The number of aryl methyl sites for hydroxylation is 1. The molecule has 0 saturated carbocycles. The minimum atomic E-state index is 0.292. The number of hydrogen-bond donors (Lipinski definition) is 1. The Morgan fingerprint density at radius 3 is 2.75 bits per heavy atom. The van der Waals surface area contributed by atoms with Crippen molar-refractivity contribution in [1.29, 1.82) is 0 Å². The quantitative estimate of drug-likeness (QED) is 0.902. The molecule has 1 saturated heterocycles. The van der Waals surface area contributed by atoms with Crippen LogP contribution in [0.1, 0.15) is 17.4 Å². The van der Waals surface area contributed by atoms with Crippen LogP contribution in [0.2, 0.25) is 0 Å². The second-order valence-electron chi connectivity index (χ2n) is 5.18. The first kappa shape index (κ1) is 11.7. The zero-order chi connectivity index (χ0) is 13.5. The first-order valence-corrected chi connectivity index (χ1v) is 6.76. The zero-order valence-corrected chi connectivity index (χ0v) is 11.2. The minimum Gasteiger partial charge on any atom is -0.454 e. The first-order valence-electron chi connectivity index (χ1n) is 6.76. The Morgan fingerprint density at radius 1 is 1.10 bits per heavy atom. The van der Waals surface area contributed by atoms with Gasteiger partial charge in [-0.25, -0.2) is 9.97 Å². The molecule has 0 spiro atoms.